The molecule has 1 saturated heterocycles. The molecule has 198 valence electrons. The summed E-state index contributed by atoms with van der Waals surface area (Å²) in [7, 11) is 1.36. The van der Waals surface area contributed by atoms with Gasteiger partial charge in [-0.25, -0.2) is 9.18 Å². The van der Waals surface area contributed by atoms with E-state index < -0.39 is 47.4 Å². The number of alkyl halides is 6. The summed E-state index contributed by atoms with van der Waals surface area (Å²) in [6.07, 6.45) is -6.75. The Morgan fingerprint density at radius 2 is 1.64 bits per heavy atom. The van der Waals surface area contributed by atoms with Crippen LogP contribution in [0.25, 0.3) is 0 Å². The summed E-state index contributed by atoms with van der Waals surface area (Å²) >= 11 is 1.65. The molecule has 1 aliphatic rings. The molecule has 3 nitrogen and oxygen atoms in total. The van der Waals surface area contributed by atoms with E-state index in [9.17, 15) is 35.5 Å². The van der Waals surface area contributed by atoms with Crippen molar-refractivity contribution < 1.29 is 35.5 Å². The summed E-state index contributed by atoms with van der Waals surface area (Å²) in [6.45, 7) is 3.47. The number of rotatable bonds is 4. The molecule has 1 heterocycles. The van der Waals surface area contributed by atoms with Crippen molar-refractivity contribution in [1.29, 1.82) is 0 Å². The van der Waals surface area contributed by atoms with Crippen molar-refractivity contribution in [3.8, 4) is 0 Å². The first-order valence-electron chi connectivity index (χ1n) is 11.2. The lowest BCUT2D eigenvalue weighted by atomic mass is 9.92. The summed E-state index contributed by atoms with van der Waals surface area (Å²) < 4.78 is 93.8. The van der Waals surface area contributed by atoms with Crippen LogP contribution in [0, 0.1) is 12.7 Å². The minimum Gasteiger partial charge on any atom is -0.321 e. The molecule has 1 aliphatic heterocycles. The van der Waals surface area contributed by atoms with Gasteiger partial charge in [-0.3, -0.25) is 0 Å². The summed E-state index contributed by atoms with van der Waals surface area (Å²) in [5.41, 5.74) is -1.73. The first kappa shape index (κ1) is 28.1. The fourth-order valence-electron chi connectivity index (χ4n) is 4.50. The number of benzene rings is 2. The predicted molar refractivity (Wildman–Crippen MR) is 125 cm³/mol. The molecular weight excluding hydrogens is 509 g/mol. The van der Waals surface area contributed by atoms with Crippen molar-refractivity contribution in [2.75, 3.05) is 19.8 Å². The van der Waals surface area contributed by atoms with Crippen LogP contribution in [0.2, 0.25) is 0 Å². The zero-order valence-electron chi connectivity index (χ0n) is 20.2. The molecule has 3 atom stereocenters. The quantitative estimate of drug-likeness (QED) is 0.372. The van der Waals surface area contributed by atoms with Gasteiger partial charge < -0.3 is 9.80 Å². The summed E-state index contributed by atoms with van der Waals surface area (Å²) in [5, 5.41) is 0.240. The number of piperidine rings is 1. The van der Waals surface area contributed by atoms with Gasteiger partial charge in [0, 0.05) is 18.8 Å². The van der Waals surface area contributed by atoms with E-state index in [1.165, 1.54) is 26.1 Å². The van der Waals surface area contributed by atoms with Gasteiger partial charge in [-0.2, -0.15) is 38.1 Å². The minimum absolute atomic E-state index is 0.0680. The smallest absolute Gasteiger partial charge is 0.321 e. The molecule has 3 rings (SSSR count). The van der Waals surface area contributed by atoms with E-state index in [0.29, 0.717) is 37.1 Å². The number of carbonyl (C=O) groups excluding carboxylic acids is 1. The molecule has 0 N–H and O–H groups in total. The average molecular weight is 537 g/mol. The third kappa shape index (κ3) is 6.10. The molecule has 11 heteroatoms. The van der Waals surface area contributed by atoms with Crippen molar-refractivity contribution in [3.63, 3.8) is 0 Å². The van der Waals surface area contributed by atoms with Crippen LogP contribution in [0.3, 0.4) is 0 Å². The summed E-state index contributed by atoms with van der Waals surface area (Å²) in [4.78, 5) is 16.3. The number of aryl methyl sites for hydroxylation is 1. The lowest BCUT2D eigenvalue weighted by Crippen LogP contribution is -2.48. The Kier molecular flexibility index (Phi) is 8.22. The van der Waals surface area contributed by atoms with Gasteiger partial charge in [-0.05, 0) is 80.0 Å². The van der Waals surface area contributed by atoms with Gasteiger partial charge in [0.2, 0.25) is 0 Å². The molecule has 36 heavy (non-hydrogen) atoms. The van der Waals surface area contributed by atoms with E-state index in [4.69, 9.17) is 0 Å². The number of nitrogens with zero attached hydrogens (tertiary/aromatic N) is 2. The van der Waals surface area contributed by atoms with E-state index in [0.717, 1.165) is 10.5 Å². The number of hydrogen-bond acceptors (Lipinski definition) is 2. The maximum atomic E-state index is 13.7. The van der Waals surface area contributed by atoms with E-state index >= 15 is 0 Å². The Morgan fingerprint density at radius 1 is 1.06 bits per heavy atom. The van der Waals surface area contributed by atoms with Crippen LogP contribution in [0.4, 0.5) is 35.5 Å². The molecule has 0 unspecified atom stereocenters. The third-order valence-corrected chi connectivity index (χ3v) is 7.79. The van der Waals surface area contributed by atoms with E-state index in [2.05, 4.69) is 0 Å². The highest BCUT2D eigenvalue weighted by molar-refractivity contribution is 7.99. The van der Waals surface area contributed by atoms with Crippen molar-refractivity contribution in [2.24, 2.45) is 0 Å². The van der Waals surface area contributed by atoms with Gasteiger partial charge in [-0.15, -0.1) is 0 Å². The highest BCUT2D eigenvalue weighted by Gasteiger charge is 2.39. The standard InChI is InChI=1S/C25H27F7N2OS/c1-14-9-19(26)5-6-21(14)22-13-20(36-4)7-8-34(22)23(35)33(3)15(2)16-10-17(24(27,28)29)12-18(11-16)25(30,31)32/h5-6,9-12,15,20,22H,7-8,13H2,1-4H3/t15-,20+,22-/m1/s1. The fourth-order valence-corrected chi connectivity index (χ4v) is 5.21. The Hall–Kier alpha value is -2.43. The number of urea groups is 1. The number of thioether (sulfide) groups is 1. The molecule has 2 aromatic carbocycles. The summed E-state index contributed by atoms with van der Waals surface area (Å²) in [6, 6.07) is 3.64. The molecule has 0 saturated carbocycles. The van der Waals surface area contributed by atoms with Crippen LogP contribution in [0.1, 0.15) is 59.7 Å². The van der Waals surface area contributed by atoms with E-state index in [1.54, 1.807) is 29.7 Å². The average Bonchev–Trinajstić information content (AvgIpc) is 2.81. The van der Waals surface area contributed by atoms with Crippen molar-refractivity contribution in [3.05, 3.63) is 70.0 Å². The molecule has 0 aromatic heterocycles. The van der Waals surface area contributed by atoms with Crippen LogP contribution in [0.15, 0.2) is 36.4 Å². The number of halogens is 7. The normalized spacial score (nSPS) is 19.8. The molecule has 0 spiro atoms. The van der Waals surface area contributed by atoms with Crippen LogP contribution >= 0.6 is 11.8 Å². The second-order valence-electron chi connectivity index (χ2n) is 9.00. The Bertz CT molecular complexity index is 1070. The van der Waals surface area contributed by atoms with Crippen LogP contribution in [-0.2, 0) is 12.4 Å². The fraction of sp³-hybridized carbons (Fsp3) is 0.480. The second-order valence-corrected chi connectivity index (χ2v) is 10.1. The Labute approximate surface area is 209 Å². The number of hydrogen-bond donors (Lipinski definition) is 0. The van der Waals surface area contributed by atoms with Gasteiger partial charge in [0.15, 0.2) is 0 Å². The number of likely N-dealkylation sites (tertiary alicyclic amines) is 1. The van der Waals surface area contributed by atoms with Crippen molar-refractivity contribution in [2.45, 2.75) is 56.4 Å². The van der Waals surface area contributed by atoms with E-state index in [1.807, 2.05) is 6.26 Å². The van der Waals surface area contributed by atoms with Crippen LogP contribution in [-0.4, -0.2) is 40.9 Å². The Morgan fingerprint density at radius 3 is 2.14 bits per heavy atom. The number of carbonyl (C=O) groups is 1. The zero-order valence-corrected chi connectivity index (χ0v) is 21.0. The predicted octanol–water partition coefficient (Wildman–Crippen LogP) is 7.85. The maximum Gasteiger partial charge on any atom is 0.416 e. The lowest BCUT2D eigenvalue weighted by molar-refractivity contribution is -0.143. The van der Waals surface area contributed by atoms with Crippen molar-refractivity contribution in [1.82, 2.24) is 9.80 Å². The first-order valence-corrected chi connectivity index (χ1v) is 12.5. The molecular formula is C25H27F7N2OS. The Balaban J connectivity index is 1.96. The molecule has 1 fully saturated rings. The first-order chi connectivity index (χ1) is 16.6. The van der Waals surface area contributed by atoms with Crippen LogP contribution in [0.5, 0.6) is 0 Å². The monoisotopic (exact) mass is 536 g/mol. The van der Waals surface area contributed by atoms with Gasteiger partial charge in [0.05, 0.1) is 23.2 Å². The minimum atomic E-state index is -4.98. The topological polar surface area (TPSA) is 23.6 Å². The highest BCUT2D eigenvalue weighted by atomic mass is 32.2. The molecule has 0 radical (unpaired) electrons. The molecule has 0 aliphatic carbocycles. The van der Waals surface area contributed by atoms with Gasteiger partial charge in [0.1, 0.15) is 5.82 Å². The lowest BCUT2D eigenvalue weighted by Gasteiger charge is -2.42. The van der Waals surface area contributed by atoms with Crippen molar-refractivity contribution >= 4 is 17.8 Å². The van der Waals surface area contributed by atoms with Crippen LogP contribution < -0.4 is 0 Å². The molecule has 2 aromatic rings. The highest BCUT2D eigenvalue weighted by Crippen LogP contribution is 2.40. The van der Waals surface area contributed by atoms with E-state index in [-0.39, 0.29) is 16.9 Å². The third-order valence-electron chi connectivity index (χ3n) is 6.70. The largest absolute Gasteiger partial charge is 0.416 e. The maximum absolute atomic E-state index is 13.7. The SMILES string of the molecule is CS[C@H]1CCN(C(=O)N(C)[C@H](C)c2cc(C(F)(F)F)cc(C(F)(F)F)c2)[C@@H](c2ccc(F)cc2C)C1. The van der Waals surface area contributed by atoms with Gasteiger partial charge in [0.25, 0.3) is 0 Å². The summed E-state index contributed by atoms with van der Waals surface area (Å²) in [5.74, 6) is -0.415. The zero-order chi connectivity index (χ0) is 27.0. The second kappa shape index (κ2) is 10.5. The number of amides is 2. The molecule has 2 amide bonds. The van der Waals surface area contributed by atoms with Gasteiger partial charge in [-0.1, -0.05) is 6.07 Å². The van der Waals surface area contributed by atoms with Gasteiger partial charge >= 0.3 is 18.4 Å². The molecule has 0 bridgehead atoms.